The van der Waals surface area contributed by atoms with Crippen LogP contribution >= 0.6 is 0 Å². The average Bonchev–Trinajstić information content (AvgIpc) is 3.04. The monoisotopic (exact) mass is 291 g/mol. The van der Waals surface area contributed by atoms with Crippen molar-refractivity contribution in [1.82, 2.24) is 15.0 Å². The molecule has 1 amide bonds. The lowest BCUT2D eigenvalue weighted by atomic mass is 9.87. The molecule has 114 valence electrons. The molecule has 6 heteroatoms. The molecule has 0 bridgehead atoms. The predicted molar refractivity (Wildman–Crippen MR) is 75.3 cm³/mol. The Morgan fingerprint density at radius 2 is 2.24 bits per heavy atom. The van der Waals surface area contributed by atoms with E-state index in [0.29, 0.717) is 25.6 Å². The molecule has 1 aliphatic heterocycles. The van der Waals surface area contributed by atoms with Crippen LogP contribution in [0.3, 0.4) is 0 Å². The van der Waals surface area contributed by atoms with E-state index in [0.717, 1.165) is 18.8 Å². The molecule has 0 unspecified atom stereocenters. The van der Waals surface area contributed by atoms with E-state index in [1.165, 1.54) is 24.8 Å². The number of ether oxygens (including phenoxy) is 1. The zero-order valence-corrected chi connectivity index (χ0v) is 12.3. The molecule has 0 radical (unpaired) electrons. The van der Waals surface area contributed by atoms with Crippen LogP contribution in [0.15, 0.2) is 22.6 Å². The number of carbonyl (C=O) groups excluding carboxylic acids is 1. The van der Waals surface area contributed by atoms with Crippen LogP contribution in [0.5, 0.6) is 0 Å². The Hall–Kier alpha value is -1.69. The van der Waals surface area contributed by atoms with Crippen molar-refractivity contribution in [3.05, 3.63) is 23.9 Å². The summed E-state index contributed by atoms with van der Waals surface area (Å²) in [6.45, 7) is 3.82. The van der Waals surface area contributed by atoms with Gasteiger partial charge < -0.3 is 14.2 Å². The fraction of sp³-hybridized carbons (Fsp3) is 0.667. The van der Waals surface area contributed by atoms with Crippen LogP contribution in [0.25, 0.3) is 0 Å². The molecule has 1 atom stereocenters. The van der Waals surface area contributed by atoms with Crippen molar-refractivity contribution in [2.75, 3.05) is 19.8 Å². The van der Waals surface area contributed by atoms with Gasteiger partial charge in [-0.05, 0) is 31.6 Å². The Balaban J connectivity index is 1.71. The Bertz CT molecular complexity index is 502. The zero-order valence-electron chi connectivity index (χ0n) is 12.3. The van der Waals surface area contributed by atoms with Gasteiger partial charge in [0.15, 0.2) is 5.82 Å². The van der Waals surface area contributed by atoms with Gasteiger partial charge in [-0.2, -0.15) is 4.98 Å². The van der Waals surface area contributed by atoms with Crippen molar-refractivity contribution < 1.29 is 14.1 Å². The number of allylic oxidation sites excluding steroid dienone is 1. The highest BCUT2D eigenvalue weighted by Gasteiger charge is 2.31. The topological polar surface area (TPSA) is 68.5 Å². The molecule has 2 aliphatic rings. The Kier molecular flexibility index (Phi) is 4.34. The van der Waals surface area contributed by atoms with E-state index < -0.39 is 0 Å². The molecule has 2 heterocycles. The minimum atomic E-state index is -0.246. The first-order valence-electron chi connectivity index (χ1n) is 7.58. The van der Waals surface area contributed by atoms with Crippen LogP contribution in [0, 0.1) is 5.92 Å². The lowest BCUT2D eigenvalue weighted by molar-refractivity contribution is -0.135. The first-order valence-corrected chi connectivity index (χ1v) is 7.58. The van der Waals surface area contributed by atoms with Crippen LogP contribution in [0.4, 0.5) is 0 Å². The van der Waals surface area contributed by atoms with E-state index in [9.17, 15) is 4.79 Å². The summed E-state index contributed by atoms with van der Waals surface area (Å²) in [5.74, 6) is 1.32. The highest BCUT2D eigenvalue weighted by Crippen LogP contribution is 2.28. The molecule has 1 saturated carbocycles. The molecule has 1 aromatic rings. The van der Waals surface area contributed by atoms with Gasteiger partial charge in [-0.3, -0.25) is 4.79 Å². The van der Waals surface area contributed by atoms with Gasteiger partial charge in [-0.25, -0.2) is 0 Å². The van der Waals surface area contributed by atoms with E-state index in [4.69, 9.17) is 9.26 Å². The minimum Gasteiger partial charge on any atom is -0.377 e. The van der Waals surface area contributed by atoms with Gasteiger partial charge in [0.25, 0.3) is 0 Å². The molecule has 2 fully saturated rings. The van der Waals surface area contributed by atoms with Crippen LogP contribution in [-0.2, 0) is 9.53 Å². The van der Waals surface area contributed by atoms with E-state index in [-0.39, 0.29) is 11.9 Å². The summed E-state index contributed by atoms with van der Waals surface area (Å²) in [6.07, 6.45) is 7.51. The van der Waals surface area contributed by atoms with Crippen molar-refractivity contribution in [2.24, 2.45) is 5.92 Å². The van der Waals surface area contributed by atoms with Gasteiger partial charge in [0.05, 0.1) is 13.2 Å². The molecule has 21 heavy (non-hydrogen) atoms. The number of nitrogens with zero attached hydrogens (tertiary/aromatic N) is 3. The second kappa shape index (κ2) is 6.39. The van der Waals surface area contributed by atoms with Gasteiger partial charge in [0.2, 0.25) is 12.3 Å². The van der Waals surface area contributed by atoms with Gasteiger partial charge in [-0.15, -0.1) is 0 Å². The summed E-state index contributed by atoms with van der Waals surface area (Å²) in [7, 11) is 0. The summed E-state index contributed by atoms with van der Waals surface area (Å²) in [4.78, 5) is 18.4. The third-order valence-corrected chi connectivity index (χ3v) is 4.33. The molecule has 0 aromatic carbocycles. The van der Waals surface area contributed by atoms with Crippen LogP contribution < -0.4 is 0 Å². The summed E-state index contributed by atoms with van der Waals surface area (Å²) < 4.78 is 10.2. The third-order valence-electron chi connectivity index (χ3n) is 4.33. The highest BCUT2D eigenvalue weighted by molar-refractivity contribution is 5.88. The number of morpholine rings is 1. The summed E-state index contributed by atoms with van der Waals surface area (Å²) in [6, 6.07) is -0.246. The summed E-state index contributed by atoms with van der Waals surface area (Å²) in [5.41, 5.74) is 1.26. The number of aromatic nitrogens is 2. The normalized spacial score (nSPS) is 26.7. The fourth-order valence-corrected chi connectivity index (χ4v) is 2.94. The second-order valence-corrected chi connectivity index (χ2v) is 5.90. The van der Waals surface area contributed by atoms with Gasteiger partial charge >= 0.3 is 0 Å². The van der Waals surface area contributed by atoms with E-state index in [2.05, 4.69) is 17.1 Å². The number of hydrogen-bond donors (Lipinski definition) is 0. The van der Waals surface area contributed by atoms with Crippen molar-refractivity contribution in [3.8, 4) is 0 Å². The van der Waals surface area contributed by atoms with E-state index in [1.54, 1.807) is 4.90 Å². The number of carbonyl (C=O) groups is 1. The fourth-order valence-electron chi connectivity index (χ4n) is 2.94. The van der Waals surface area contributed by atoms with Crippen molar-refractivity contribution in [2.45, 2.75) is 38.6 Å². The zero-order chi connectivity index (χ0) is 14.7. The van der Waals surface area contributed by atoms with Crippen LogP contribution in [0.1, 0.15) is 44.5 Å². The second-order valence-electron chi connectivity index (χ2n) is 5.90. The van der Waals surface area contributed by atoms with Crippen molar-refractivity contribution in [1.29, 1.82) is 0 Å². The molecule has 3 rings (SSSR count). The van der Waals surface area contributed by atoms with E-state index in [1.807, 2.05) is 6.08 Å². The maximum atomic E-state index is 12.6. The quantitative estimate of drug-likeness (QED) is 0.781. The van der Waals surface area contributed by atoms with Crippen molar-refractivity contribution in [3.63, 3.8) is 0 Å². The standard InChI is InChI=1S/C15H21N3O3/c1-11-2-4-12(5-3-11)8-14(19)18-6-7-20-9-13(18)15-16-10-21-17-15/h8,10-11,13H,2-7,9H2,1H3/t11?,13-/m0/s1. The van der Waals surface area contributed by atoms with Crippen LogP contribution in [-0.4, -0.2) is 40.7 Å². The van der Waals surface area contributed by atoms with E-state index >= 15 is 0 Å². The number of rotatable bonds is 2. The van der Waals surface area contributed by atoms with Gasteiger partial charge in [0.1, 0.15) is 6.04 Å². The van der Waals surface area contributed by atoms with Crippen molar-refractivity contribution >= 4 is 5.91 Å². The molecule has 1 aromatic heterocycles. The highest BCUT2D eigenvalue weighted by atomic mass is 16.5. The average molecular weight is 291 g/mol. The molecular weight excluding hydrogens is 270 g/mol. The minimum absolute atomic E-state index is 0.0395. The lowest BCUT2D eigenvalue weighted by Crippen LogP contribution is -2.43. The molecule has 1 aliphatic carbocycles. The molecular formula is C15H21N3O3. The lowest BCUT2D eigenvalue weighted by Gasteiger charge is -2.33. The smallest absolute Gasteiger partial charge is 0.247 e. The molecule has 0 N–H and O–H groups in total. The first-order chi connectivity index (χ1) is 10.2. The summed E-state index contributed by atoms with van der Waals surface area (Å²) in [5, 5.41) is 3.85. The SMILES string of the molecule is CC1CCC(=CC(=O)N2CCOC[C@H]2c2ncon2)CC1. The first kappa shape index (κ1) is 14.3. The largest absolute Gasteiger partial charge is 0.377 e. The Morgan fingerprint density at radius 1 is 1.43 bits per heavy atom. The van der Waals surface area contributed by atoms with Crippen LogP contribution in [0.2, 0.25) is 0 Å². The molecule has 0 spiro atoms. The third kappa shape index (κ3) is 3.32. The maximum absolute atomic E-state index is 12.6. The summed E-state index contributed by atoms with van der Waals surface area (Å²) >= 11 is 0. The maximum Gasteiger partial charge on any atom is 0.247 e. The molecule has 6 nitrogen and oxygen atoms in total. The van der Waals surface area contributed by atoms with Gasteiger partial charge in [-0.1, -0.05) is 17.7 Å². The van der Waals surface area contributed by atoms with Gasteiger partial charge in [0, 0.05) is 12.6 Å². The number of amides is 1. The Morgan fingerprint density at radius 3 is 2.95 bits per heavy atom. The molecule has 1 saturated heterocycles. The number of hydrogen-bond acceptors (Lipinski definition) is 5. The Labute approximate surface area is 124 Å². The predicted octanol–water partition coefficient (Wildman–Crippen LogP) is 2.11.